The zero-order valence-electron chi connectivity index (χ0n) is 12.5. The summed E-state index contributed by atoms with van der Waals surface area (Å²) in [7, 11) is 0. The van der Waals surface area contributed by atoms with Crippen LogP contribution in [0.5, 0.6) is 0 Å². The van der Waals surface area contributed by atoms with Crippen LogP contribution in [0.2, 0.25) is 0 Å². The number of carbonyl (C=O) groups excluding carboxylic acids is 2. The van der Waals surface area contributed by atoms with Crippen LogP contribution in [0.25, 0.3) is 0 Å². The van der Waals surface area contributed by atoms with E-state index in [-0.39, 0.29) is 17.9 Å². The van der Waals surface area contributed by atoms with Gasteiger partial charge in [-0.25, -0.2) is 4.79 Å². The highest BCUT2D eigenvalue weighted by molar-refractivity contribution is 7.99. The van der Waals surface area contributed by atoms with Crippen molar-refractivity contribution >= 4 is 23.6 Å². The molecule has 1 amide bonds. The molecule has 3 aliphatic rings. The monoisotopic (exact) mass is 312 g/mol. The quantitative estimate of drug-likeness (QED) is 0.784. The van der Waals surface area contributed by atoms with Crippen LogP contribution in [0.1, 0.15) is 26.2 Å². The molecule has 1 saturated carbocycles. The van der Waals surface area contributed by atoms with Crippen LogP contribution in [-0.4, -0.2) is 60.1 Å². The van der Waals surface area contributed by atoms with E-state index in [1.54, 1.807) is 16.7 Å². The average molecular weight is 312 g/mol. The summed E-state index contributed by atoms with van der Waals surface area (Å²) >= 11 is 1.73. The summed E-state index contributed by atoms with van der Waals surface area (Å²) in [6.45, 7) is 3.78. The molecule has 3 rings (SSSR count). The SMILES string of the molecule is CCOC(=O)C1CSCCN1C(=O)C1NCC2CCCC21. The Balaban J connectivity index is 1.70. The molecule has 118 valence electrons. The third kappa shape index (κ3) is 2.93. The highest BCUT2D eigenvalue weighted by Crippen LogP contribution is 2.38. The Hall–Kier alpha value is -0.750. The molecule has 2 aliphatic heterocycles. The number of nitrogens with zero attached hydrogens (tertiary/aromatic N) is 1. The summed E-state index contributed by atoms with van der Waals surface area (Å²) in [5.74, 6) is 2.55. The van der Waals surface area contributed by atoms with Gasteiger partial charge in [0.1, 0.15) is 6.04 Å². The van der Waals surface area contributed by atoms with Crippen LogP contribution in [-0.2, 0) is 14.3 Å². The van der Waals surface area contributed by atoms with Gasteiger partial charge in [0.05, 0.1) is 12.6 Å². The fourth-order valence-corrected chi connectivity index (χ4v) is 4.97. The summed E-state index contributed by atoms with van der Waals surface area (Å²) < 4.78 is 5.14. The number of ether oxygens (including phenoxy) is 1. The molecule has 21 heavy (non-hydrogen) atoms. The molecule has 2 saturated heterocycles. The first kappa shape index (κ1) is 15.2. The molecular weight excluding hydrogens is 288 g/mol. The Morgan fingerprint density at radius 1 is 1.38 bits per heavy atom. The minimum absolute atomic E-state index is 0.0856. The van der Waals surface area contributed by atoms with Crippen LogP contribution in [0.4, 0.5) is 0 Å². The molecule has 0 radical (unpaired) electrons. The van der Waals surface area contributed by atoms with E-state index >= 15 is 0 Å². The second kappa shape index (κ2) is 6.57. The Morgan fingerprint density at radius 2 is 2.24 bits per heavy atom. The maximum atomic E-state index is 12.9. The summed E-state index contributed by atoms with van der Waals surface area (Å²) in [6.07, 6.45) is 3.61. The lowest BCUT2D eigenvalue weighted by molar-refractivity contribution is -0.154. The Bertz CT molecular complexity index is 418. The lowest BCUT2D eigenvalue weighted by Gasteiger charge is -2.36. The molecule has 0 bridgehead atoms. The molecule has 5 nitrogen and oxygen atoms in total. The topological polar surface area (TPSA) is 58.6 Å². The Labute approximate surface area is 130 Å². The lowest BCUT2D eigenvalue weighted by atomic mass is 9.93. The minimum atomic E-state index is -0.404. The van der Waals surface area contributed by atoms with Gasteiger partial charge in [0.15, 0.2) is 0 Å². The normalized spacial score (nSPS) is 35.6. The maximum Gasteiger partial charge on any atom is 0.329 e. The zero-order chi connectivity index (χ0) is 14.8. The van der Waals surface area contributed by atoms with Crippen molar-refractivity contribution in [3.63, 3.8) is 0 Å². The van der Waals surface area contributed by atoms with Gasteiger partial charge >= 0.3 is 5.97 Å². The van der Waals surface area contributed by atoms with Crippen LogP contribution in [0.3, 0.4) is 0 Å². The van der Waals surface area contributed by atoms with Crippen molar-refractivity contribution in [1.82, 2.24) is 10.2 Å². The van der Waals surface area contributed by atoms with Gasteiger partial charge in [-0.3, -0.25) is 4.79 Å². The molecule has 0 aromatic carbocycles. The largest absolute Gasteiger partial charge is 0.464 e. The van der Waals surface area contributed by atoms with Gasteiger partial charge in [0, 0.05) is 18.1 Å². The maximum absolute atomic E-state index is 12.9. The van der Waals surface area contributed by atoms with Gasteiger partial charge in [-0.05, 0) is 38.1 Å². The number of carbonyl (C=O) groups is 2. The van der Waals surface area contributed by atoms with E-state index in [4.69, 9.17) is 4.74 Å². The third-order valence-electron chi connectivity index (χ3n) is 4.98. The molecule has 4 unspecified atom stereocenters. The van der Waals surface area contributed by atoms with Crippen molar-refractivity contribution in [2.75, 3.05) is 31.2 Å². The third-order valence-corrected chi connectivity index (χ3v) is 6.00. The second-order valence-corrected chi connectivity index (χ2v) is 7.26. The van der Waals surface area contributed by atoms with Crippen molar-refractivity contribution in [2.24, 2.45) is 11.8 Å². The number of nitrogens with one attached hydrogen (secondary N) is 1. The molecule has 0 spiro atoms. The van der Waals surface area contributed by atoms with Crippen LogP contribution in [0, 0.1) is 11.8 Å². The number of rotatable bonds is 3. The van der Waals surface area contributed by atoms with Gasteiger partial charge in [0.2, 0.25) is 5.91 Å². The van der Waals surface area contributed by atoms with E-state index in [1.165, 1.54) is 12.8 Å². The minimum Gasteiger partial charge on any atom is -0.464 e. The summed E-state index contributed by atoms with van der Waals surface area (Å²) in [5, 5.41) is 3.40. The molecule has 4 atom stereocenters. The van der Waals surface area contributed by atoms with Crippen molar-refractivity contribution in [3.05, 3.63) is 0 Å². The number of thioether (sulfide) groups is 1. The predicted molar refractivity (Wildman–Crippen MR) is 82.1 cm³/mol. The molecule has 1 N–H and O–H groups in total. The fourth-order valence-electron chi connectivity index (χ4n) is 3.94. The molecule has 6 heteroatoms. The van der Waals surface area contributed by atoms with Crippen LogP contribution < -0.4 is 5.32 Å². The van der Waals surface area contributed by atoms with Gasteiger partial charge < -0.3 is 15.0 Å². The first-order chi connectivity index (χ1) is 10.2. The van der Waals surface area contributed by atoms with E-state index in [2.05, 4.69) is 5.32 Å². The Morgan fingerprint density at radius 3 is 3.05 bits per heavy atom. The summed E-state index contributed by atoms with van der Waals surface area (Å²) in [4.78, 5) is 26.8. The Kier molecular flexibility index (Phi) is 4.74. The van der Waals surface area contributed by atoms with Gasteiger partial charge in [-0.1, -0.05) is 6.42 Å². The molecular formula is C15H24N2O3S. The van der Waals surface area contributed by atoms with Crippen LogP contribution >= 0.6 is 11.8 Å². The standard InChI is InChI=1S/C15H24N2O3S/c1-2-20-15(19)12-9-21-7-6-17(12)14(18)13-11-5-3-4-10(11)8-16-13/h10-13,16H,2-9H2,1H3. The number of hydrogen-bond acceptors (Lipinski definition) is 5. The smallest absolute Gasteiger partial charge is 0.329 e. The van der Waals surface area contributed by atoms with E-state index in [0.717, 1.165) is 18.7 Å². The van der Waals surface area contributed by atoms with E-state index in [1.807, 2.05) is 6.92 Å². The van der Waals surface area contributed by atoms with Crippen LogP contribution in [0.15, 0.2) is 0 Å². The van der Waals surface area contributed by atoms with E-state index < -0.39 is 6.04 Å². The molecule has 0 aromatic heterocycles. The average Bonchev–Trinajstić information content (AvgIpc) is 3.09. The van der Waals surface area contributed by atoms with Gasteiger partial charge in [-0.2, -0.15) is 11.8 Å². The number of esters is 1. The molecule has 1 aliphatic carbocycles. The van der Waals surface area contributed by atoms with Gasteiger partial charge in [-0.15, -0.1) is 0 Å². The molecule has 0 aromatic rings. The highest BCUT2D eigenvalue weighted by atomic mass is 32.2. The number of amides is 1. The second-order valence-electron chi connectivity index (χ2n) is 6.12. The fraction of sp³-hybridized carbons (Fsp3) is 0.867. The van der Waals surface area contributed by atoms with Crippen molar-refractivity contribution in [3.8, 4) is 0 Å². The van der Waals surface area contributed by atoms with Crippen molar-refractivity contribution < 1.29 is 14.3 Å². The summed E-state index contributed by atoms with van der Waals surface area (Å²) in [6, 6.07) is -0.490. The lowest BCUT2D eigenvalue weighted by Crippen LogP contribution is -2.56. The summed E-state index contributed by atoms with van der Waals surface area (Å²) in [5.41, 5.74) is 0. The van der Waals surface area contributed by atoms with Crippen molar-refractivity contribution in [2.45, 2.75) is 38.3 Å². The van der Waals surface area contributed by atoms with Gasteiger partial charge in [0.25, 0.3) is 0 Å². The number of fused-ring (bicyclic) bond motifs is 1. The predicted octanol–water partition coefficient (Wildman–Crippen LogP) is 0.882. The zero-order valence-corrected chi connectivity index (χ0v) is 13.4. The van der Waals surface area contributed by atoms with E-state index in [0.29, 0.717) is 30.7 Å². The molecule has 3 fully saturated rings. The first-order valence-electron chi connectivity index (χ1n) is 8.00. The molecule has 2 heterocycles. The number of hydrogen-bond donors (Lipinski definition) is 1. The first-order valence-corrected chi connectivity index (χ1v) is 9.16. The van der Waals surface area contributed by atoms with Crippen molar-refractivity contribution in [1.29, 1.82) is 0 Å². The highest BCUT2D eigenvalue weighted by Gasteiger charge is 2.46. The van der Waals surface area contributed by atoms with E-state index in [9.17, 15) is 9.59 Å².